The summed E-state index contributed by atoms with van der Waals surface area (Å²) in [6.45, 7) is 14.5. The van der Waals surface area contributed by atoms with E-state index in [0.29, 0.717) is 0 Å². The van der Waals surface area contributed by atoms with Crippen molar-refractivity contribution < 1.29 is 13.3 Å². The smallest absolute Gasteiger partial charge is 0.371 e. The molecule has 0 aliphatic carbocycles. The van der Waals surface area contributed by atoms with Crippen molar-refractivity contribution in [1.82, 2.24) is 0 Å². The molecule has 0 N–H and O–H groups in total. The van der Waals surface area contributed by atoms with Crippen molar-refractivity contribution in [3.05, 3.63) is 35.9 Å². The third kappa shape index (κ3) is 5.50. The van der Waals surface area contributed by atoms with Crippen molar-refractivity contribution in [2.24, 2.45) is 0 Å². The zero-order valence-electron chi connectivity index (χ0n) is 15.1. The Labute approximate surface area is 137 Å². The van der Waals surface area contributed by atoms with Crippen molar-refractivity contribution in [2.75, 3.05) is 0 Å². The lowest BCUT2D eigenvalue weighted by Crippen LogP contribution is -2.55. The van der Waals surface area contributed by atoms with Crippen LogP contribution in [0.4, 0.5) is 0 Å². The first kappa shape index (κ1) is 19.4. The molecule has 1 unspecified atom stereocenters. The Kier molecular flexibility index (Phi) is 7.76. The molecule has 0 saturated heterocycles. The van der Waals surface area contributed by atoms with Crippen molar-refractivity contribution >= 4 is 8.80 Å². The van der Waals surface area contributed by atoms with Gasteiger partial charge in [-0.3, -0.25) is 0 Å². The van der Waals surface area contributed by atoms with Gasteiger partial charge in [0.1, 0.15) is 0 Å². The maximum atomic E-state index is 6.36. The second-order valence-electron chi connectivity index (χ2n) is 6.47. The first-order valence-corrected chi connectivity index (χ1v) is 10.2. The van der Waals surface area contributed by atoms with Crippen LogP contribution in [0.25, 0.3) is 0 Å². The monoisotopic (exact) mass is 324 g/mol. The fourth-order valence-corrected chi connectivity index (χ4v) is 6.42. The molecule has 0 fully saturated rings. The van der Waals surface area contributed by atoms with Gasteiger partial charge in [0, 0.05) is 18.3 Å². The summed E-state index contributed by atoms with van der Waals surface area (Å²) in [5.74, 6) is 0. The molecule has 1 rings (SSSR count). The molecule has 4 heteroatoms. The van der Waals surface area contributed by atoms with E-state index in [0.717, 1.165) is 6.42 Å². The Morgan fingerprint density at radius 2 is 1.18 bits per heavy atom. The molecule has 0 heterocycles. The molecule has 22 heavy (non-hydrogen) atoms. The van der Waals surface area contributed by atoms with E-state index < -0.39 is 8.80 Å². The third-order valence-corrected chi connectivity index (χ3v) is 7.23. The molecule has 0 aliphatic rings. The molecule has 1 aromatic carbocycles. The van der Waals surface area contributed by atoms with Gasteiger partial charge in [0.05, 0.1) is 5.54 Å². The molecule has 0 amide bonds. The Hall–Kier alpha value is -0.683. The van der Waals surface area contributed by atoms with Crippen LogP contribution in [0.2, 0.25) is 0 Å². The van der Waals surface area contributed by atoms with Gasteiger partial charge in [-0.2, -0.15) is 0 Å². The predicted octanol–water partition coefficient (Wildman–Crippen LogP) is 4.93. The second-order valence-corrected chi connectivity index (χ2v) is 9.09. The highest BCUT2D eigenvalue weighted by atomic mass is 28.4. The molecule has 1 atom stereocenters. The van der Waals surface area contributed by atoms with Crippen LogP contribution in [-0.2, 0) is 13.3 Å². The third-order valence-electron chi connectivity index (χ3n) is 3.24. The predicted molar refractivity (Wildman–Crippen MR) is 93.9 cm³/mol. The van der Waals surface area contributed by atoms with E-state index in [-0.39, 0.29) is 23.9 Å². The van der Waals surface area contributed by atoms with Gasteiger partial charge in [-0.25, -0.2) is 0 Å². The molecule has 126 valence electrons. The lowest BCUT2D eigenvalue weighted by molar-refractivity contribution is -0.00484. The van der Waals surface area contributed by atoms with E-state index in [1.54, 1.807) is 0 Å². The van der Waals surface area contributed by atoms with Gasteiger partial charge in [0.2, 0.25) is 0 Å². The topological polar surface area (TPSA) is 27.7 Å². The summed E-state index contributed by atoms with van der Waals surface area (Å²) in [4.78, 5) is 0. The van der Waals surface area contributed by atoms with Crippen LogP contribution < -0.4 is 0 Å². The summed E-state index contributed by atoms with van der Waals surface area (Å²) in [6.07, 6.45) is 1.15. The van der Waals surface area contributed by atoms with Gasteiger partial charge in [-0.15, -0.1) is 0 Å². The van der Waals surface area contributed by atoms with Crippen LogP contribution in [0.3, 0.4) is 0 Å². The Morgan fingerprint density at radius 1 is 0.773 bits per heavy atom. The van der Waals surface area contributed by atoms with E-state index in [1.807, 2.05) is 47.6 Å². The van der Waals surface area contributed by atoms with Crippen LogP contribution in [0, 0.1) is 0 Å². The fourth-order valence-electron chi connectivity index (χ4n) is 2.69. The maximum Gasteiger partial charge on any atom is 0.509 e. The summed E-state index contributed by atoms with van der Waals surface area (Å²) in [6, 6.07) is 10.5. The summed E-state index contributed by atoms with van der Waals surface area (Å²) < 4.78 is 19.1. The quantitative estimate of drug-likeness (QED) is 0.603. The average Bonchev–Trinajstić information content (AvgIpc) is 2.37. The van der Waals surface area contributed by atoms with Crippen LogP contribution >= 0.6 is 0 Å². The molecule has 0 aromatic heterocycles. The van der Waals surface area contributed by atoms with Crippen molar-refractivity contribution in [3.63, 3.8) is 0 Å². The molecule has 0 spiro atoms. The standard InChI is InChI=1S/C18H32O3Si/c1-8-18(17-12-10-9-11-13-17)22(19-14(2)3,20-15(4)5)21-16(6)7/h9-16,18H,8H2,1-7H3. The molecule has 0 saturated carbocycles. The van der Waals surface area contributed by atoms with Gasteiger partial charge in [-0.05, 0) is 53.5 Å². The Morgan fingerprint density at radius 3 is 1.50 bits per heavy atom. The first-order valence-electron chi connectivity index (χ1n) is 8.39. The molecule has 3 nitrogen and oxygen atoms in total. The zero-order chi connectivity index (χ0) is 16.8. The van der Waals surface area contributed by atoms with E-state index in [2.05, 4.69) is 31.2 Å². The number of hydrogen-bond acceptors (Lipinski definition) is 3. The van der Waals surface area contributed by atoms with Gasteiger partial charge < -0.3 is 13.3 Å². The minimum atomic E-state index is -2.86. The summed E-state index contributed by atoms with van der Waals surface area (Å²) in [5.41, 5.74) is 1.39. The average molecular weight is 325 g/mol. The molecule has 0 bridgehead atoms. The molecule has 0 aliphatic heterocycles. The molecular weight excluding hydrogens is 292 g/mol. The Balaban J connectivity index is 3.28. The minimum Gasteiger partial charge on any atom is -0.371 e. The normalized spacial score (nSPS) is 14.1. The van der Waals surface area contributed by atoms with Crippen molar-refractivity contribution in [1.29, 1.82) is 0 Å². The highest BCUT2D eigenvalue weighted by Gasteiger charge is 2.51. The zero-order valence-corrected chi connectivity index (χ0v) is 16.1. The minimum absolute atomic E-state index is 0.0712. The molecule has 1 aromatic rings. The van der Waals surface area contributed by atoms with E-state index in [4.69, 9.17) is 13.3 Å². The van der Waals surface area contributed by atoms with Crippen LogP contribution in [0.5, 0.6) is 0 Å². The van der Waals surface area contributed by atoms with Crippen LogP contribution in [-0.4, -0.2) is 27.1 Å². The first-order chi connectivity index (χ1) is 10.3. The van der Waals surface area contributed by atoms with Gasteiger partial charge in [-0.1, -0.05) is 37.3 Å². The van der Waals surface area contributed by atoms with Crippen LogP contribution in [0.1, 0.15) is 66.0 Å². The maximum absolute atomic E-state index is 6.36. The summed E-state index contributed by atoms with van der Waals surface area (Å²) in [7, 11) is -2.86. The van der Waals surface area contributed by atoms with E-state index in [9.17, 15) is 0 Å². The van der Waals surface area contributed by atoms with Crippen LogP contribution in [0.15, 0.2) is 30.3 Å². The summed E-state index contributed by atoms with van der Waals surface area (Å²) in [5, 5.41) is 0. The van der Waals surface area contributed by atoms with E-state index in [1.165, 1.54) is 5.56 Å². The lowest BCUT2D eigenvalue weighted by atomic mass is 10.1. The largest absolute Gasteiger partial charge is 0.509 e. The Bertz CT molecular complexity index is 391. The number of rotatable bonds is 9. The highest BCUT2D eigenvalue weighted by Crippen LogP contribution is 2.35. The van der Waals surface area contributed by atoms with Gasteiger partial charge in [0.15, 0.2) is 0 Å². The molecular formula is C18H32O3Si. The number of hydrogen-bond donors (Lipinski definition) is 0. The van der Waals surface area contributed by atoms with Gasteiger partial charge in [0.25, 0.3) is 0 Å². The van der Waals surface area contributed by atoms with E-state index >= 15 is 0 Å². The SMILES string of the molecule is CCC(c1ccccc1)[Si](OC(C)C)(OC(C)C)OC(C)C. The van der Waals surface area contributed by atoms with Crippen molar-refractivity contribution in [2.45, 2.75) is 78.7 Å². The number of benzene rings is 1. The summed E-state index contributed by atoms with van der Waals surface area (Å²) >= 11 is 0. The van der Waals surface area contributed by atoms with Crippen molar-refractivity contribution in [3.8, 4) is 0 Å². The molecule has 0 radical (unpaired) electrons. The highest BCUT2D eigenvalue weighted by molar-refractivity contribution is 6.62. The fraction of sp³-hybridized carbons (Fsp3) is 0.667. The van der Waals surface area contributed by atoms with Gasteiger partial charge >= 0.3 is 8.80 Å². The second kappa shape index (κ2) is 8.82. The lowest BCUT2D eigenvalue weighted by Gasteiger charge is -2.39.